The van der Waals surface area contributed by atoms with E-state index in [1.54, 1.807) is 16.8 Å². The molecule has 0 bridgehead atoms. The van der Waals surface area contributed by atoms with Gasteiger partial charge in [0, 0.05) is 18.5 Å². The number of imidazole rings is 1. The van der Waals surface area contributed by atoms with Crippen LogP contribution >= 0.6 is 23.2 Å². The van der Waals surface area contributed by atoms with Gasteiger partial charge in [0.1, 0.15) is 11.5 Å². The first-order valence-corrected chi connectivity index (χ1v) is 4.46. The predicted octanol–water partition coefficient (Wildman–Crippen LogP) is 2.95. The van der Waals surface area contributed by atoms with Crippen molar-refractivity contribution in [1.82, 2.24) is 9.38 Å². The highest BCUT2D eigenvalue weighted by atomic mass is 35.5. The van der Waals surface area contributed by atoms with Gasteiger partial charge in [-0.2, -0.15) is 0 Å². The Morgan fingerprint density at radius 3 is 2.92 bits per heavy atom. The van der Waals surface area contributed by atoms with E-state index in [0.717, 1.165) is 0 Å². The van der Waals surface area contributed by atoms with Crippen LogP contribution in [0.1, 0.15) is 10.5 Å². The molecule has 0 aliphatic heterocycles. The zero-order valence-corrected chi connectivity index (χ0v) is 7.93. The standard InChI is InChI=1S/C8H5Cl2FN2/c9-8(10)6-4-13-2-1-5(11)3-7(13)12-6/h1-4,8H. The third kappa shape index (κ3) is 1.62. The lowest BCUT2D eigenvalue weighted by molar-refractivity contribution is 0.626. The molecule has 0 unspecified atom stereocenters. The van der Waals surface area contributed by atoms with E-state index in [0.29, 0.717) is 11.3 Å². The summed E-state index contributed by atoms with van der Waals surface area (Å²) < 4.78 is 14.4. The number of nitrogens with zero attached hydrogens (tertiary/aromatic N) is 2. The maximum absolute atomic E-state index is 12.7. The molecule has 2 aromatic rings. The lowest BCUT2D eigenvalue weighted by Gasteiger charge is -1.90. The molecule has 2 nitrogen and oxygen atoms in total. The topological polar surface area (TPSA) is 17.3 Å². The van der Waals surface area contributed by atoms with Crippen molar-refractivity contribution in [2.45, 2.75) is 4.84 Å². The molecule has 0 radical (unpaired) electrons. The summed E-state index contributed by atoms with van der Waals surface area (Å²) in [4.78, 5) is 3.35. The van der Waals surface area contributed by atoms with Crippen molar-refractivity contribution < 1.29 is 4.39 Å². The molecule has 2 aromatic heterocycles. The third-order valence-corrected chi connectivity index (χ3v) is 2.11. The normalized spacial score (nSPS) is 11.4. The molecule has 0 fully saturated rings. The average molecular weight is 219 g/mol. The molecule has 2 heterocycles. The summed E-state index contributed by atoms with van der Waals surface area (Å²) in [5, 5.41) is 0. The quantitative estimate of drug-likeness (QED) is 0.674. The molecule has 13 heavy (non-hydrogen) atoms. The number of aromatic nitrogens is 2. The Bertz CT molecular complexity index is 439. The minimum absolute atomic E-state index is 0.328. The Kier molecular flexibility index (Phi) is 2.14. The van der Waals surface area contributed by atoms with Gasteiger partial charge in [-0.25, -0.2) is 9.37 Å². The predicted molar refractivity (Wildman–Crippen MR) is 49.6 cm³/mol. The maximum atomic E-state index is 12.7. The Balaban J connectivity index is 2.62. The van der Waals surface area contributed by atoms with E-state index in [1.165, 1.54) is 12.1 Å². The third-order valence-electron chi connectivity index (χ3n) is 1.66. The van der Waals surface area contributed by atoms with E-state index in [-0.39, 0.29) is 5.82 Å². The Hall–Kier alpha value is -0.800. The molecule has 0 atom stereocenters. The van der Waals surface area contributed by atoms with Crippen molar-refractivity contribution in [1.29, 1.82) is 0 Å². The molecule has 0 aromatic carbocycles. The molecular formula is C8H5Cl2FN2. The molecule has 0 saturated carbocycles. The van der Waals surface area contributed by atoms with Crippen LogP contribution in [0.15, 0.2) is 24.5 Å². The molecule has 0 spiro atoms. The molecular weight excluding hydrogens is 214 g/mol. The highest BCUT2D eigenvalue weighted by Gasteiger charge is 2.08. The zero-order valence-electron chi connectivity index (χ0n) is 6.42. The van der Waals surface area contributed by atoms with Gasteiger partial charge in [-0.15, -0.1) is 0 Å². The summed E-state index contributed by atoms with van der Waals surface area (Å²) in [7, 11) is 0. The number of alkyl halides is 2. The minimum atomic E-state index is -0.678. The van der Waals surface area contributed by atoms with Crippen LogP contribution in [0.5, 0.6) is 0 Å². The molecule has 0 saturated heterocycles. The number of halogens is 3. The summed E-state index contributed by atoms with van der Waals surface area (Å²) in [5.41, 5.74) is 1.02. The van der Waals surface area contributed by atoms with E-state index in [4.69, 9.17) is 23.2 Å². The Morgan fingerprint density at radius 1 is 1.46 bits per heavy atom. The van der Waals surface area contributed by atoms with Crippen molar-refractivity contribution >= 4 is 28.8 Å². The second kappa shape index (κ2) is 3.16. The fourth-order valence-electron chi connectivity index (χ4n) is 1.08. The minimum Gasteiger partial charge on any atom is -0.307 e. The molecule has 0 aliphatic carbocycles. The fraction of sp³-hybridized carbons (Fsp3) is 0.125. The van der Waals surface area contributed by atoms with Gasteiger partial charge in [-0.1, -0.05) is 23.2 Å². The van der Waals surface area contributed by atoms with E-state index in [1.807, 2.05) is 0 Å². The van der Waals surface area contributed by atoms with Crippen LogP contribution in [-0.4, -0.2) is 9.38 Å². The molecule has 0 amide bonds. The average Bonchev–Trinajstić information content (AvgIpc) is 2.46. The van der Waals surface area contributed by atoms with Gasteiger partial charge >= 0.3 is 0 Å². The molecule has 0 aliphatic rings. The first-order valence-electron chi connectivity index (χ1n) is 3.59. The molecule has 68 valence electrons. The van der Waals surface area contributed by atoms with E-state index in [9.17, 15) is 4.39 Å². The van der Waals surface area contributed by atoms with Crippen LogP contribution in [0, 0.1) is 5.82 Å². The summed E-state index contributed by atoms with van der Waals surface area (Å²) in [6.07, 6.45) is 3.23. The van der Waals surface area contributed by atoms with Crippen LogP contribution in [0.4, 0.5) is 4.39 Å². The van der Waals surface area contributed by atoms with E-state index >= 15 is 0 Å². The van der Waals surface area contributed by atoms with Crippen molar-refractivity contribution in [2.75, 3.05) is 0 Å². The van der Waals surface area contributed by atoms with Crippen LogP contribution in [0.3, 0.4) is 0 Å². The van der Waals surface area contributed by atoms with Crippen LogP contribution < -0.4 is 0 Å². The summed E-state index contributed by atoms with van der Waals surface area (Å²) in [5.74, 6) is -0.328. The first-order chi connectivity index (χ1) is 6.16. The van der Waals surface area contributed by atoms with Crippen molar-refractivity contribution in [3.05, 3.63) is 36.0 Å². The van der Waals surface area contributed by atoms with Crippen molar-refractivity contribution in [2.24, 2.45) is 0 Å². The summed E-state index contributed by atoms with van der Waals surface area (Å²) >= 11 is 11.2. The number of fused-ring (bicyclic) bond motifs is 1. The van der Waals surface area contributed by atoms with Crippen molar-refractivity contribution in [3.8, 4) is 0 Å². The summed E-state index contributed by atoms with van der Waals surface area (Å²) in [6.45, 7) is 0. The smallest absolute Gasteiger partial charge is 0.151 e. The molecule has 2 rings (SSSR count). The highest BCUT2D eigenvalue weighted by molar-refractivity contribution is 6.43. The van der Waals surface area contributed by atoms with Gasteiger partial charge in [0.15, 0.2) is 4.84 Å². The first kappa shape index (κ1) is 8.78. The fourth-order valence-corrected chi connectivity index (χ4v) is 1.29. The molecule has 5 heteroatoms. The second-order valence-electron chi connectivity index (χ2n) is 2.58. The van der Waals surface area contributed by atoms with Gasteiger partial charge in [0.05, 0.1) is 5.69 Å². The second-order valence-corrected chi connectivity index (χ2v) is 3.67. The highest BCUT2D eigenvalue weighted by Crippen LogP contribution is 2.23. The van der Waals surface area contributed by atoms with Gasteiger partial charge in [0.25, 0.3) is 0 Å². The lowest BCUT2D eigenvalue weighted by atomic mass is 10.4. The lowest BCUT2D eigenvalue weighted by Crippen LogP contribution is -1.82. The number of hydrogen-bond acceptors (Lipinski definition) is 1. The van der Waals surface area contributed by atoms with Crippen LogP contribution in [-0.2, 0) is 0 Å². The Morgan fingerprint density at radius 2 is 2.23 bits per heavy atom. The van der Waals surface area contributed by atoms with E-state index < -0.39 is 4.84 Å². The largest absolute Gasteiger partial charge is 0.307 e. The van der Waals surface area contributed by atoms with Crippen LogP contribution in [0.25, 0.3) is 5.65 Å². The monoisotopic (exact) mass is 218 g/mol. The van der Waals surface area contributed by atoms with Crippen LogP contribution in [0.2, 0.25) is 0 Å². The zero-order chi connectivity index (χ0) is 9.42. The van der Waals surface area contributed by atoms with E-state index in [2.05, 4.69) is 4.98 Å². The van der Waals surface area contributed by atoms with Gasteiger partial charge in [-0.3, -0.25) is 0 Å². The van der Waals surface area contributed by atoms with Crippen molar-refractivity contribution in [3.63, 3.8) is 0 Å². The Labute approximate surface area is 83.9 Å². The number of pyridine rings is 1. The maximum Gasteiger partial charge on any atom is 0.151 e. The van der Waals surface area contributed by atoms with Gasteiger partial charge in [0.2, 0.25) is 0 Å². The summed E-state index contributed by atoms with van der Waals surface area (Å²) in [6, 6.07) is 2.66. The number of rotatable bonds is 1. The van der Waals surface area contributed by atoms with Gasteiger partial charge < -0.3 is 4.40 Å². The molecule has 0 N–H and O–H groups in total. The SMILES string of the molecule is Fc1ccn2cc(C(Cl)Cl)nc2c1. The van der Waals surface area contributed by atoms with Gasteiger partial charge in [-0.05, 0) is 6.07 Å². The number of hydrogen-bond donors (Lipinski definition) is 0.